The van der Waals surface area contributed by atoms with Crippen molar-refractivity contribution in [2.75, 3.05) is 6.61 Å². The van der Waals surface area contributed by atoms with E-state index in [2.05, 4.69) is 0 Å². The van der Waals surface area contributed by atoms with Crippen LogP contribution in [-0.2, 0) is 4.79 Å². The number of aliphatic hydroxyl groups excluding tert-OH is 3. The zero-order valence-electron chi connectivity index (χ0n) is 5.97. The molecule has 0 saturated heterocycles. The highest BCUT2D eigenvalue weighted by Gasteiger charge is 2.22. The Kier molecular flexibility index (Phi) is 4.76. The van der Waals surface area contributed by atoms with E-state index >= 15 is 0 Å². The minimum absolute atomic E-state index is 0.0873. The maximum Gasteiger partial charge on any atom is 0.335 e. The molecule has 0 aromatic carbocycles. The molecule has 2 atom stereocenters. The van der Waals surface area contributed by atoms with E-state index in [4.69, 9.17) is 20.4 Å². The summed E-state index contributed by atoms with van der Waals surface area (Å²) in [5.41, 5.74) is 0. The van der Waals surface area contributed by atoms with Crippen LogP contribution in [0.15, 0.2) is 0 Å². The largest absolute Gasteiger partial charge is 0.479 e. The second-order valence-electron chi connectivity index (χ2n) is 2.22. The zero-order valence-corrected chi connectivity index (χ0v) is 5.97. The van der Waals surface area contributed by atoms with Gasteiger partial charge in [-0.1, -0.05) is 0 Å². The molecule has 0 aliphatic rings. The van der Waals surface area contributed by atoms with Crippen LogP contribution in [0.5, 0.6) is 0 Å². The standard InChI is InChI=1S/C6H12O5/c7-3-1-2-4(8)5(9)6(10)11/h4-5,7-9H,1-3H2,(H,10,11). The van der Waals surface area contributed by atoms with Crippen LogP contribution in [0.4, 0.5) is 0 Å². The van der Waals surface area contributed by atoms with E-state index in [1.165, 1.54) is 0 Å². The molecule has 0 rings (SSSR count). The molecule has 2 unspecified atom stereocenters. The van der Waals surface area contributed by atoms with Gasteiger partial charge in [0.15, 0.2) is 6.10 Å². The Morgan fingerprint density at radius 2 is 1.91 bits per heavy atom. The maximum atomic E-state index is 10.0. The molecule has 0 aliphatic carbocycles. The Hall–Kier alpha value is -0.650. The molecule has 5 heteroatoms. The summed E-state index contributed by atoms with van der Waals surface area (Å²) in [6.45, 7) is -0.122. The number of rotatable bonds is 5. The van der Waals surface area contributed by atoms with Gasteiger partial charge in [0.1, 0.15) is 0 Å². The van der Waals surface area contributed by atoms with E-state index in [0.29, 0.717) is 0 Å². The van der Waals surface area contributed by atoms with Crippen molar-refractivity contribution in [2.24, 2.45) is 0 Å². The average molecular weight is 164 g/mol. The second kappa shape index (κ2) is 5.06. The predicted molar refractivity (Wildman–Crippen MR) is 36.0 cm³/mol. The lowest BCUT2D eigenvalue weighted by Gasteiger charge is -2.12. The molecular weight excluding hydrogens is 152 g/mol. The van der Waals surface area contributed by atoms with Crippen LogP contribution in [-0.4, -0.2) is 45.2 Å². The molecule has 0 saturated carbocycles. The third kappa shape index (κ3) is 3.92. The third-order valence-corrected chi connectivity index (χ3v) is 1.28. The number of hydrogen-bond acceptors (Lipinski definition) is 4. The molecule has 0 aliphatic heterocycles. The molecule has 0 heterocycles. The molecule has 0 aromatic rings. The molecule has 0 radical (unpaired) electrons. The molecule has 66 valence electrons. The minimum Gasteiger partial charge on any atom is -0.479 e. The van der Waals surface area contributed by atoms with Gasteiger partial charge in [-0.25, -0.2) is 4.79 Å². The van der Waals surface area contributed by atoms with E-state index in [9.17, 15) is 4.79 Å². The Balaban J connectivity index is 3.63. The maximum absolute atomic E-state index is 10.0. The van der Waals surface area contributed by atoms with Crippen LogP contribution >= 0.6 is 0 Å². The summed E-state index contributed by atoms with van der Waals surface area (Å²) in [5.74, 6) is -1.45. The molecule has 0 aromatic heterocycles. The summed E-state index contributed by atoms with van der Waals surface area (Å²) in [6.07, 6.45) is -2.67. The van der Waals surface area contributed by atoms with Crippen LogP contribution in [0, 0.1) is 0 Å². The quantitative estimate of drug-likeness (QED) is 0.399. The first-order valence-corrected chi connectivity index (χ1v) is 3.29. The molecule has 0 spiro atoms. The van der Waals surface area contributed by atoms with E-state index in [0.717, 1.165) is 0 Å². The third-order valence-electron chi connectivity index (χ3n) is 1.28. The van der Waals surface area contributed by atoms with Crippen molar-refractivity contribution in [3.63, 3.8) is 0 Å². The van der Waals surface area contributed by atoms with Gasteiger partial charge in [-0.15, -0.1) is 0 Å². The number of carboxylic acids is 1. The fourth-order valence-electron chi connectivity index (χ4n) is 0.623. The summed E-state index contributed by atoms with van der Waals surface area (Å²) in [7, 11) is 0. The first-order valence-electron chi connectivity index (χ1n) is 3.29. The van der Waals surface area contributed by atoms with Crippen molar-refractivity contribution in [1.82, 2.24) is 0 Å². The lowest BCUT2D eigenvalue weighted by molar-refractivity contribution is -0.153. The Morgan fingerprint density at radius 3 is 2.27 bits per heavy atom. The van der Waals surface area contributed by atoms with Crippen molar-refractivity contribution in [2.45, 2.75) is 25.0 Å². The van der Waals surface area contributed by atoms with Crippen LogP contribution in [0.1, 0.15) is 12.8 Å². The minimum atomic E-state index is -1.75. The average Bonchev–Trinajstić information content (AvgIpc) is 1.98. The molecule has 0 bridgehead atoms. The van der Waals surface area contributed by atoms with Gasteiger partial charge in [0.25, 0.3) is 0 Å². The van der Waals surface area contributed by atoms with Crippen LogP contribution in [0.3, 0.4) is 0 Å². The van der Waals surface area contributed by atoms with Crippen LogP contribution in [0.2, 0.25) is 0 Å². The van der Waals surface area contributed by atoms with E-state index in [1.54, 1.807) is 0 Å². The van der Waals surface area contributed by atoms with Gasteiger partial charge in [0.05, 0.1) is 6.10 Å². The molecule has 5 nitrogen and oxygen atoms in total. The summed E-state index contributed by atoms with van der Waals surface area (Å²) in [4.78, 5) is 10.0. The molecule has 4 N–H and O–H groups in total. The van der Waals surface area contributed by atoms with E-state index in [1.807, 2.05) is 0 Å². The van der Waals surface area contributed by atoms with Crippen molar-refractivity contribution in [1.29, 1.82) is 0 Å². The van der Waals surface area contributed by atoms with Gasteiger partial charge >= 0.3 is 5.97 Å². The topological polar surface area (TPSA) is 98.0 Å². The van der Waals surface area contributed by atoms with Crippen molar-refractivity contribution >= 4 is 5.97 Å². The normalized spacial score (nSPS) is 15.9. The predicted octanol–water partition coefficient (Wildman–Crippen LogP) is -1.43. The summed E-state index contributed by atoms with van der Waals surface area (Å²) in [5, 5.41) is 34.0. The van der Waals surface area contributed by atoms with Crippen LogP contribution < -0.4 is 0 Å². The van der Waals surface area contributed by atoms with Crippen molar-refractivity contribution < 1.29 is 25.2 Å². The summed E-state index contributed by atoms with van der Waals surface area (Å²) in [6, 6.07) is 0. The molecule has 0 fully saturated rings. The fraction of sp³-hybridized carbons (Fsp3) is 0.833. The summed E-state index contributed by atoms with van der Waals surface area (Å²) < 4.78 is 0. The zero-order chi connectivity index (χ0) is 8.85. The highest BCUT2D eigenvalue weighted by Crippen LogP contribution is 2.01. The van der Waals surface area contributed by atoms with Gasteiger partial charge in [-0.3, -0.25) is 0 Å². The second-order valence-corrected chi connectivity index (χ2v) is 2.22. The van der Waals surface area contributed by atoms with E-state index < -0.39 is 18.2 Å². The first-order chi connectivity index (χ1) is 5.09. The first kappa shape index (κ1) is 10.3. The number of carbonyl (C=O) groups is 1. The Morgan fingerprint density at radius 1 is 1.36 bits per heavy atom. The van der Waals surface area contributed by atoms with Crippen molar-refractivity contribution in [3.8, 4) is 0 Å². The van der Waals surface area contributed by atoms with Gasteiger partial charge in [0.2, 0.25) is 0 Å². The van der Waals surface area contributed by atoms with Crippen LogP contribution in [0.25, 0.3) is 0 Å². The van der Waals surface area contributed by atoms with Gasteiger partial charge in [0, 0.05) is 6.61 Å². The number of carboxylic acid groups (broad SMARTS) is 1. The molecular formula is C6H12O5. The number of aliphatic carboxylic acids is 1. The highest BCUT2D eigenvalue weighted by atomic mass is 16.4. The smallest absolute Gasteiger partial charge is 0.335 e. The SMILES string of the molecule is O=C(O)C(O)C(O)CCCO. The van der Waals surface area contributed by atoms with Crippen molar-refractivity contribution in [3.05, 3.63) is 0 Å². The Labute approximate surface area is 63.9 Å². The lowest BCUT2D eigenvalue weighted by Crippen LogP contribution is -2.33. The Bertz CT molecular complexity index is 124. The lowest BCUT2D eigenvalue weighted by atomic mass is 10.1. The number of aliphatic hydroxyl groups is 3. The summed E-state index contributed by atoms with van der Waals surface area (Å²) >= 11 is 0. The van der Waals surface area contributed by atoms with Gasteiger partial charge < -0.3 is 20.4 Å². The van der Waals surface area contributed by atoms with E-state index in [-0.39, 0.29) is 19.4 Å². The van der Waals surface area contributed by atoms with Gasteiger partial charge in [-0.05, 0) is 12.8 Å². The monoisotopic (exact) mass is 164 g/mol. The molecule has 11 heavy (non-hydrogen) atoms. The van der Waals surface area contributed by atoms with Gasteiger partial charge in [-0.2, -0.15) is 0 Å². The fourth-order valence-corrected chi connectivity index (χ4v) is 0.623. The molecule has 0 amide bonds. The highest BCUT2D eigenvalue weighted by molar-refractivity contribution is 5.72. The number of hydrogen-bond donors (Lipinski definition) is 4.